The molecule has 0 spiro atoms. The molecule has 0 aromatic carbocycles. The summed E-state index contributed by atoms with van der Waals surface area (Å²) < 4.78 is 5.52. The van der Waals surface area contributed by atoms with Crippen LogP contribution in [0.15, 0.2) is 22.8 Å². The Balaban J connectivity index is 2.22. The number of primary amides is 1. The van der Waals surface area contributed by atoms with Crippen LogP contribution in [-0.2, 0) is 4.79 Å². The van der Waals surface area contributed by atoms with Gasteiger partial charge in [0.15, 0.2) is 0 Å². The molecule has 1 fully saturated rings. The maximum absolute atomic E-state index is 11.4. The van der Waals surface area contributed by atoms with Gasteiger partial charge in [-0.05, 0) is 38.8 Å². The molecule has 5 heteroatoms. The molecule has 106 valence electrons. The first-order chi connectivity index (χ1) is 9.00. The van der Waals surface area contributed by atoms with Crippen LogP contribution in [0.4, 0.5) is 0 Å². The van der Waals surface area contributed by atoms with E-state index in [0.717, 1.165) is 18.6 Å². The minimum absolute atomic E-state index is 0.00727. The molecule has 0 aliphatic carbocycles. The molecule has 0 radical (unpaired) electrons. The summed E-state index contributed by atoms with van der Waals surface area (Å²) in [6.45, 7) is 4.78. The van der Waals surface area contributed by atoms with Gasteiger partial charge in [0.05, 0.1) is 18.2 Å². The van der Waals surface area contributed by atoms with Gasteiger partial charge in [-0.2, -0.15) is 0 Å². The number of nitrogens with zero attached hydrogens (tertiary/aromatic N) is 1. The van der Waals surface area contributed by atoms with E-state index in [4.69, 9.17) is 15.9 Å². The van der Waals surface area contributed by atoms with Crippen molar-refractivity contribution in [1.29, 1.82) is 0 Å². The fraction of sp³-hybridized carbons (Fsp3) is 0.643. The Kier molecular flexibility index (Phi) is 4.27. The fourth-order valence-electron chi connectivity index (χ4n) is 2.94. The number of nitrogens with two attached hydrogens (primary N) is 2. The second-order valence-electron chi connectivity index (χ2n) is 5.54. The number of piperidine rings is 1. The lowest BCUT2D eigenvalue weighted by atomic mass is 9.90. The van der Waals surface area contributed by atoms with Gasteiger partial charge in [0.1, 0.15) is 5.76 Å². The molecule has 1 aliphatic rings. The Hall–Kier alpha value is -1.33. The van der Waals surface area contributed by atoms with Crippen LogP contribution in [0.1, 0.15) is 38.5 Å². The van der Waals surface area contributed by atoms with Crippen LogP contribution in [0, 0.1) is 5.92 Å². The molecule has 5 nitrogen and oxygen atoms in total. The van der Waals surface area contributed by atoms with Gasteiger partial charge in [0.25, 0.3) is 0 Å². The van der Waals surface area contributed by atoms with Crippen molar-refractivity contribution in [2.24, 2.45) is 17.4 Å². The summed E-state index contributed by atoms with van der Waals surface area (Å²) in [7, 11) is 0. The fourth-order valence-corrected chi connectivity index (χ4v) is 2.94. The summed E-state index contributed by atoms with van der Waals surface area (Å²) >= 11 is 0. The normalized spacial score (nSPS) is 27.9. The largest absolute Gasteiger partial charge is 0.468 e. The molecule has 4 atom stereocenters. The van der Waals surface area contributed by atoms with E-state index in [0.29, 0.717) is 12.6 Å². The highest BCUT2D eigenvalue weighted by atomic mass is 16.3. The van der Waals surface area contributed by atoms with Crippen molar-refractivity contribution < 1.29 is 9.21 Å². The maximum atomic E-state index is 11.4. The highest BCUT2D eigenvalue weighted by Crippen LogP contribution is 2.32. The predicted octanol–water partition coefficient (Wildman–Crippen LogP) is 1.25. The molecule has 19 heavy (non-hydrogen) atoms. The Labute approximate surface area is 113 Å². The summed E-state index contributed by atoms with van der Waals surface area (Å²) in [4.78, 5) is 13.7. The summed E-state index contributed by atoms with van der Waals surface area (Å²) in [5.74, 6) is 0.541. The lowest BCUT2D eigenvalue weighted by Crippen LogP contribution is -2.51. The topological polar surface area (TPSA) is 85.5 Å². The second kappa shape index (κ2) is 5.75. The van der Waals surface area contributed by atoms with Crippen LogP contribution in [0.3, 0.4) is 0 Å². The molecular weight excluding hydrogens is 242 g/mol. The SMILES string of the molecule is CC(N)C(c1ccco1)N1CC(C(N)=O)CCC1C. The Morgan fingerprint density at radius 1 is 1.53 bits per heavy atom. The number of rotatable bonds is 4. The van der Waals surface area contributed by atoms with E-state index in [9.17, 15) is 4.79 Å². The van der Waals surface area contributed by atoms with Crippen LogP contribution >= 0.6 is 0 Å². The molecule has 1 aromatic heterocycles. The van der Waals surface area contributed by atoms with Crippen molar-refractivity contribution in [3.05, 3.63) is 24.2 Å². The minimum atomic E-state index is -0.222. The zero-order chi connectivity index (χ0) is 14.0. The lowest BCUT2D eigenvalue weighted by molar-refractivity contribution is -0.124. The number of amides is 1. The van der Waals surface area contributed by atoms with E-state index in [1.165, 1.54) is 0 Å². The van der Waals surface area contributed by atoms with Crippen molar-refractivity contribution in [2.45, 2.75) is 44.8 Å². The molecule has 2 rings (SSSR count). The molecule has 4 N–H and O–H groups in total. The van der Waals surface area contributed by atoms with Crippen molar-refractivity contribution >= 4 is 5.91 Å². The molecule has 4 unspecified atom stereocenters. The van der Waals surface area contributed by atoms with Crippen molar-refractivity contribution in [3.8, 4) is 0 Å². The molecular formula is C14H23N3O2. The van der Waals surface area contributed by atoms with Crippen molar-refractivity contribution in [1.82, 2.24) is 4.90 Å². The van der Waals surface area contributed by atoms with E-state index in [1.54, 1.807) is 6.26 Å². The number of hydrogen-bond acceptors (Lipinski definition) is 4. The molecule has 1 aliphatic heterocycles. The standard InChI is InChI=1S/C14H23N3O2/c1-9-5-6-11(14(16)18)8-17(9)13(10(2)15)12-4-3-7-19-12/h3-4,7,9-11,13H,5-6,8,15H2,1-2H3,(H2,16,18). The number of hydrogen-bond donors (Lipinski definition) is 2. The summed E-state index contributed by atoms with van der Waals surface area (Å²) in [5, 5.41) is 0. The van der Waals surface area contributed by atoms with Crippen molar-refractivity contribution in [2.75, 3.05) is 6.54 Å². The number of furan rings is 1. The van der Waals surface area contributed by atoms with Gasteiger partial charge in [-0.3, -0.25) is 9.69 Å². The van der Waals surface area contributed by atoms with Gasteiger partial charge in [0, 0.05) is 18.6 Å². The molecule has 1 amide bonds. The minimum Gasteiger partial charge on any atom is -0.468 e. The van der Waals surface area contributed by atoms with Crippen LogP contribution in [0.2, 0.25) is 0 Å². The van der Waals surface area contributed by atoms with Gasteiger partial charge < -0.3 is 15.9 Å². The van der Waals surface area contributed by atoms with Crippen LogP contribution in [-0.4, -0.2) is 29.4 Å². The highest BCUT2D eigenvalue weighted by molar-refractivity contribution is 5.77. The number of carbonyl (C=O) groups excluding carboxylic acids is 1. The first-order valence-corrected chi connectivity index (χ1v) is 6.84. The monoisotopic (exact) mass is 265 g/mol. The van der Waals surface area contributed by atoms with Gasteiger partial charge in [-0.25, -0.2) is 0 Å². The summed E-state index contributed by atoms with van der Waals surface area (Å²) in [6, 6.07) is 4.10. The third-order valence-electron chi connectivity index (χ3n) is 4.02. The summed E-state index contributed by atoms with van der Waals surface area (Å²) in [5.41, 5.74) is 11.6. The lowest BCUT2D eigenvalue weighted by Gasteiger charge is -2.42. The Morgan fingerprint density at radius 2 is 2.26 bits per heavy atom. The average Bonchev–Trinajstić information content (AvgIpc) is 2.84. The van der Waals surface area contributed by atoms with E-state index in [-0.39, 0.29) is 23.9 Å². The van der Waals surface area contributed by atoms with E-state index in [2.05, 4.69) is 11.8 Å². The predicted molar refractivity (Wildman–Crippen MR) is 73.2 cm³/mol. The van der Waals surface area contributed by atoms with Gasteiger partial charge in [-0.1, -0.05) is 0 Å². The first-order valence-electron chi connectivity index (χ1n) is 6.84. The molecule has 2 heterocycles. The zero-order valence-electron chi connectivity index (χ0n) is 11.6. The quantitative estimate of drug-likeness (QED) is 0.858. The van der Waals surface area contributed by atoms with Crippen LogP contribution < -0.4 is 11.5 Å². The van der Waals surface area contributed by atoms with Gasteiger partial charge in [0.2, 0.25) is 5.91 Å². The molecule has 1 saturated heterocycles. The Morgan fingerprint density at radius 3 is 2.79 bits per heavy atom. The van der Waals surface area contributed by atoms with E-state index >= 15 is 0 Å². The van der Waals surface area contributed by atoms with Gasteiger partial charge in [-0.15, -0.1) is 0 Å². The third-order valence-corrected chi connectivity index (χ3v) is 4.02. The van der Waals surface area contributed by atoms with E-state index < -0.39 is 0 Å². The van der Waals surface area contributed by atoms with Crippen molar-refractivity contribution in [3.63, 3.8) is 0 Å². The number of likely N-dealkylation sites (tertiary alicyclic amines) is 1. The van der Waals surface area contributed by atoms with Crippen LogP contribution in [0.5, 0.6) is 0 Å². The van der Waals surface area contributed by atoms with Crippen LogP contribution in [0.25, 0.3) is 0 Å². The van der Waals surface area contributed by atoms with E-state index in [1.807, 2.05) is 19.1 Å². The second-order valence-corrected chi connectivity index (χ2v) is 5.54. The molecule has 0 bridgehead atoms. The molecule has 0 saturated carbocycles. The van der Waals surface area contributed by atoms with Gasteiger partial charge >= 0.3 is 0 Å². The smallest absolute Gasteiger partial charge is 0.221 e. The highest BCUT2D eigenvalue weighted by Gasteiger charge is 2.36. The zero-order valence-corrected chi connectivity index (χ0v) is 11.6. The maximum Gasteiger partial charge on any atom is 0.221 e. The summed E-state index contributed by atoms with van der Waals surface area (Å²) in [6.07, 6.45) is 3.47. The first kappa shape index (κ1) is 14.1. The average molecular weight is 265 g/mol. The molecule has 1 aromatic rings. The Bertz CT molecular complexity index is 416. The third kappa shape index (κ3) is 2.98. The number of carbonyl (C=O) groups is 1.